The first-order valence-corrected chi connectivity index (χ1v) is 9.28. The van der Waals surface area contributed by atoms with E-state index in [4.69, 9.17) is 18.9 Å². The van der Waals surface area contributed by atoms with Gasteiger partial charge in [-0.2, -0.15) is 0 Å². The molecule has 0 amide bonds. The van der Waals surface area contributed by atoms with Gasteiger partial charge in [-0.05, 0) is 47.7 Å². The highest BCUT2D eigenvalue weighted by atomic mass is 16.7. The topological polar surface area (TPSA) is 60.4 Å². The number of hydrogen-bond acceptors (Lipinski definition) is 6. The summed E-state index contributed by atoms with van der Waals surface area (Å²) in [4.78, 5) is 2.38. The van der Waals surface area contributed by atoms with Gasteiger partial charge in [0.2, 0.25) is 6.79 Å². The maximum Gasteiger partial charge on any atom is 0.231 e. The molecule has 0 saturated carbocycles. The highest BCUT2D eigenvalue weighted by molar-refractivity contribution is 5.56. The number of hydrogen-bond donors (Lipinski definition) is 1. The van der Waals surface area contributed by atoms with Crippen LogP contribution in [0, 0.1) is 0 Å². The zero-order valence-corrected chi connectivity index (χ0v) is 15.5. The molecule has 142 valence electrons. The van der Waals surface area contributed by atoms with Gasteiger partial charge >= 0.3 is 0 Å². The lowest BCUT2D eigenvalue weighted by Gasteiger charge is -2.46. The number of rotatable bonds is 3. The fraction of sp³-hybridized carbons (Fsp3) is 0.429. The first-order valence-electron chi connectivity index (χ1n) is 9.28. The zero-order valence-electron chi connectivity index (χ0n) is 15.5. The van der Waals surface area contributed by atoms with E-state index in [0.29, 0.717) is 5.75 Å². The number of nitrogens with zero attached hydrogens (tertiary/aromatic N) is 1. The predicted octanol–water partition coefficient (Wildman–Crippen LogP) is 2.62. The van der Waals surface area contributed by atoms with Crippen molar-refractivity contribution in [3.8, 4) is 23.0 Å². The molecule has 2 aromatic carbocycles. The number of methoxy groups -OCH3 is 2. The Morgan fingerprint density at radius 1 is 1.11 bits per heavy atom. The van der Waals surface area contributed by atoms with Crippen molar-refractivity contribution in [1.82, 2.24) is 4.90 Å². The van der Waals surface area contributed by atoms with Gasteiger partial charge in [-0.25, -0.2) is 0 Å². The number of fused-ring (bicyclic) bond motifs is 5. The predicted molar refractivity (Wildman–Crippen MR) is 98.8 cm³/mol. The molecule has 5 rings (SSSR count). The highest BCUT2D eigenvalue weighted by Gasteiger charge is 2.41. The molecule has 0 radical (unpaired) electrons. The van der Waals surface area contributed by atoms with Crippen LogP contribution in [0.4, 0.5) is 0 Å². The summed E-state index contributed by atoms with van der Waals surface area (Å²) in [5.41, 5.74) is 4.81. The van der Waals surface area contributed by atoms with Crippen LogP contribution in [0.2, 0.25) is 0 Å². The van der Waals surface area contributed by atoms with E-state index in [1.54, 1.807) is 14.2 Å². The van der Waals surface area contributed by atoms with Crippen molar-refractivity contribution in [3.63, 3.8) is 0 Å². The van der Waals surface area contributed by atoms with Crippen LogP contribution in [-0.2, 0) is 12.8 Å². The van der Waals surface area contributed by atoms with Crippen molar-refractivity contribution in [1.29, 1.82) is 0 Å². The third-order valence-electron chi connectivity index (χ3n) is 6.03. The lowest BCUT2D eigenvalue weighted by molar-refractivity contribution is 0.0608. The molecule has 3 aliphatic rings. The molecule has 2 atom stereocenters. The smallest absolute Gasteiger partial charge is 0.231 e. The van der Waals surface area contributed by atoms with Crippen LogP contribution in [0.25, 0.3) is 0 Å². The van der Waals surface area contributed by atoms with E-state index in [2.05, 4.69) is 23.1 Å². The van der Waals surface area contributed by atoms with Crippen LogP contribution < -0.4 is 18.9 Å². The highest BCUT2D eigenvalue weighted by Crippen LogP contribution is 2.50. The Hall–Kier alpha value is -2.44. The number of ether oxygens (including phenoxy) is 4. The quantitative estimate of drug-likeness (QED) is 0.898. The number of aliphatic hydroxyl groups is 1. The fourth-order valence-corrected chi connectivity index (χ4v) is 4.82. The Balaban J connectivity index is 1.63. The molecule has 2 aromatic rings. The van der Waals surface area contributed by atoms with E-state index in [0.717, 1.165) is 42.2 Å². The summed E-state index contributed by atoms with van der Waals surface area (Å²) in [7, 11) is 3.30. The van der Waals surface area contributed by atoms with Crippen molar-refractivity contribution < 1.29 is 24.1 Å². The number of aliphatic hydroxyl groups excluding tert-OH is 1. The zero-order chi connectivity index (χ0) is 18.5. The van der Waals surface area contributed by atoms with Crippen molar-refractivity contribution in [3.05, 3.63) is 46.5 Å². The van der Waals surface area contributed by atoms with E-state index in [1.807, 2.05) is 6.07 Å². The molecular weight excluding hydrogens is 346 g/mol. The molecule has 6 heteroatoms. The lowest BCUT2D eigenvalue weighted by atomic mass is 9.80. The van der Waals surface area contributed by atoms with Crippen LogP contribution in [0.15, 0.2) is 24.3 Å². The SMILES string of the molecule is COc1ccc2c(c1OC)[C@H](CO)N1CCc3cc4c(cc3[C@@H]1C2)OCO4. The molecule has 0 spiro atoms. The Kier molecular flexibility index (Phi) is 3.91. The Bertz CT molecular complexity index is 897. The van der Waals surface area contributed by atoms with E-state index in [-0.39, 0.29) is 25.5 Å². The minimum Gasteiger partial charge on any atom is -0.493 e. The van der Waals surface area contributed by atoms with Gasteiger partial charge in [-0.3, -0.25) is 4.90 Å². The van der Waals surface area contributed by atoms with Crippen LogP contribution in [0.3, 0.4) is 0 Å². The summed E-state index contributed by atoms with van der Waals surface area (Å²) in [5.74, 6) is 3.08. The molecule has 0 bridgehead atoms. The van der Waals surface area contributed by atoms with Crippen LogP contribution >= 0.6 is 0 Å². The lowest BCUT2D eigenvalue weighted by Crippen LogP contribution is -2.44. The first kappa shape index (κ1) is 16.7. The maximum atomic E-state index is 10.3. The third kappa shape index (κ3) is 2.40. The van der Waals surface area contributed by atoms with Gasteiger partial charge in [0.15, 0.2) is 23.0 Å². The summed E-state index contributed by atoms with van der Waals surface area (Å²) in [6.07, 6.45) is 1.78. The van der Waals surface area contributed by atoms with Gasteiger partial charge in [-0.15, -0.1) is 0 Å². The molecule has 0 aromatic heterocycles. The van der Waals surface area contributed by atoms with E-state index in [1.165, 1.54) is 16.7 Å². The second-order valence-electron chi connectivity index (χ2n) is 7.18. The van der Waals surface area contributed by atoms with Gasteiger partial charge in [-0.1, -0.05) is 6.07 Å². The largest absolute Gasteiger partial charge is 0.493 e. The molecule has 3 heterocycles. The Morgan fingerprint density at radius 3 is 2.67 bits per heavy atom. The molecular formula is C21H23NO5. The Morgan fingerprint density at radius 2 is 1.93 bits per heavy atom. The van der Waals surface area contributed by atoms with Crippen LogP contribution in [0.5, 0.6) is 23.0 Å². The molecule has 0 unspecified atom stereocenters. The van der Waals surface area contributed by atoms with Gasteiger partial charge in [0, 0.05) is 18.2 Å². The van der Waals surface area contributed by atoms with E-state index >= 15 is 0 Å². The second kappa shape index (κ2) is 6.32. The second-order valence-corrected chi connectivity index (χ2v) is 7.18. The van der Waals surface area contributed by atoms with Gasteiger partial charge in [0.05, 0.1) is 26.9 Å². The van der Waals surface area contributed by atoms with Crippen LogP contribution in [0.1, 0.15) is 34.3 Å². The van der Waals surface area contributed by atoms with Crippen molar-refractivity contribution in [2.75, 3.05) is 34.2 Å². The monoisotopic (exact) mass is 369 g/mol. The molecule has 3 aliphatic heterocycles. The summed E-state index contributed by atoms with van der Waals surface area (Å²) in [5, 5.41) is 10.3. The molecule has 27 heavy (non-hydrogen) atoms. The van der Waals surface area contributed by atoms with Gasteiger partial charge in [0.25, 0.3) is 0 Å². The summed E-state index contributed by atoms with van der Waals surface area (Å²) in [6, 6.07) is 8.36. The van der Waals surface area contributed by atoms with Gasteiger partial charge < -0.3 is 24.1 Å². The van der Waals surface area contributed by atoms with E-state index in [9.17, 15) is 5.11 Å². The van der Waals surface area contributed by atoms with E-state index < -0.39 is 0 Å². The van der Waals surface area contributed by atoms with Crippen molar-refractivity contribution >= 4 is 0 Å². The van der Waals surface area contributed by atoms with Crippen LogP contribution in [-0.4, -0.2) is 44.2 Å². The maximum absolute atomic E-state index is 10.3. The third-order valence-corrected chi connectivity index (χ3v) is 6.03. The minimum absolute atomic E-state index is 0.0346. The Labute approximate surface area is 158 Å². The number of benzene rings is 2. The van der Waals surface area contributed by atoms with Crippen molar-refractivity contribution in [2.24, 2.45) is 0 Å². The minimum atomic E-state index is -0.123. The van der Waals surface area contributed by atoms with Crippen molar-refractivity contribution in [2.45, 2.75) is 24.9 Å². The molecule has 0 fully saturated rings. The normalized spacial score (nSPS) is 22.6. The van der Waals surface area contributed by atoms with Gasteiger partial charge in [0.1, 0.15) is 0 Å². The first-order chi connectivity index (χ1) is 13.2. The summed E-state index contributed by atoms with van der Waals surface area (Å²) in [6.45, 7) is 1.20. The average molecular weight is 369 g/mol. The summed E-state index contributed by atoms with van der Waals surface area (Å²) < 4.78 is 22.3. The summed E-state index contributed by atoms with van der Waals surface area (Å²) >= 11 is 0. The fourth-order valence-electron chi connectivity index (χ4n) is 4.82. The average Bonchev–Trinajstić information content (AvgIpc) is 3.16. The molecule has 0 saturated heterocycles. The molecule has 0 aliphatic carbocycles. The standard InChI is InChI=1S/C21H23NO5/c1-24-17-4-3-13-7-15-14-9-19-18(26-11-27-19)8-12(14)5-6-22(15)16(10-23)20(13)21(17)25-2/h3-4,8-9,15-16,23H,5-7,10-11H2,1-2H3/t15-,16-/m0/s1. The molecule has 6 nitrogen and oxygen atoms in total. The molecule has 1 N–H and O–H groups in total.